The van der Waals surface area contributed by atoms with E-state index >= 15 is 0 Å². The molecule has 3 rings (SSSR count). The van der Waals surface area contributed by atoms with Gasteiger partial charge in [0.2, 0.25) is 0 Å². The van der Waals surface area contributed by atoms with Gasteiger partial charge in [0.25, 0.3) is 0 Å². The lowest BCUT2D eigenvalue weighted by Crippen LogP contribution is -2.00. The third kappa shape index (κ3) is 2.50. The lowest BCUT2D eigenvalue weighted by Gasteiger charge is -2.06. The van der Waals surface area contributed by atoms with Gasteiger partial charge >= 0.3 is 6.55 Å². The Morgan fingerprint density at radius 1 is 1.35 bits per heavy atom. The Bertz CT molecular complexity index is 743. The molecule has 0 aliphatic heterocycles. The fourth-order valence-corrected chi connectivity index (χ4v) is 3.47. The van der Waals surface area contributed by atoms with Crippen molar-refractivity contribution in [2.75, 3.05) is 0 Å². The Balaban J connectivity index is 1.94. The maximum absolute atomic E-state index is 13.2. The summed E-state index contributed by atoms with van der Waals surface area (Å²) >= 11 is 8.13. The van der Waals surface area contributed by atoms with Gasteiger partial charge in [0.15, 0.2) is 5.16 Å². The van der Waals surface area contributed by atoms with E-state index in [9.17, 15) is 8.78 Å². The first kappa shape index (κ1) is 13.7. The molecule has 0 radical (unpaired) electrons. The number of imidazole rings is 1. The number of aromatic nitrogens is 4. The first-order chi connectivity index (χ1) is 9.66. The summed E-state index contributed by atoms with van der Waals surface area (Å²) < 4.78 is 31.5. The number of halogens is 3. The summed E-state index contributed by atoms with van der Waals surface area (Å²) in [5.74, 6) is 0.353. The minimum Gasteiger partial charge on any atom is -0.261 e. The highest BCUT2D eigenvalue weighted by Gasteiger charge is 2.18. The molecule has 0 saturated heterocycles. The molecule has 0 fully saturated rings. The Morgan fingerprint density at radius 2 is 2.15 bits per heavy atom. The molecule has 0 spiro atoms. The van der Waals surface area contributed by atoms with E-state index in [0.29, 0.717) is 26.8 Å². The van der Waals surface area contributed by atoms with Gasteiger partial charge < -0.3 is 0 Å². The molecule has 3 aromatic rings. The molecule has 0 aliphatic rings. The average molecular weight is 333 g/mol. The first-order valence-corrected chi connectivity index (χ1v) is 7.65. The summed E-state index contributed by atoms with van der Waals surface area (Å²) in [5.41, 5.74) is 1.53. The van der Waals surface area contributed by atoms with E-state index in [1.165, 1.54) is 0 Å². The molecule has 2 heterocycles. The summed E-state index contributed by atoms with van der Waals surface area (Å²) in [5, 5.41) is 4.09. The summed E-state index contributed by atoms with van der Waals surface area (Å²) in [6.07, 6.45) is 0. The number of thioether (sulfide) groups is 1. The number of benzene rings is 1. The van der Waals surface area contributed by atoms with Crippen molar-refractivity contribution in [3.63, 3.8) is 0 Å². The molecule has 20 heavy (non-hydrogen) atoms. The maximum atomic E-state index is 13.2. The highest BCUT2D eigenvalue weighted by atomic mass is 35.5. The monoisotopic (exact) mass is 332 g/mol. The SMILES string of the molecule is FC(F)n1c(SCc2nnsc2Cl)nc2ccccc21. The third-order valence-corrected chi connectivity index (χ3v) is 4.55. The Hall–Kier alpha value is -1.25. The number of hydrogen-bond donors (Lipinski definition) is 0. The fraction of sp³-hybridized carbons (Fsp3) is 0.182. The summed E-state index contributed by atoms with van der Waals surface area (Å²) in [4.78, 5) is 4.22. The molecule has 0 amide bonds. The van der Waals surface area contributed by atoms with Crippen LogP contribution >= 0.6 is 34.9 Å². The zero-order valence-corrected chi connectivity index (χ0v) is 12.2. The van der Waals surface area contributed by atoms with Crippen LogP contribution in [0.3, 0.4) is 0 Å². The molecular formula is C11H7ClF2N4S2. The predicted octanol–water partition coefficient (Wildman–Crippen LogP) is 4.23. The number of alkyl halides is 2. The molecule has 0 atom stereocenters. The van der Waals surface area contributed by atoms with Gasteiger partial charge in [0.05, 0.1) is 11.0 Å². The van der Waals surface area contributed by atoms with Crippen molar-refractivity contribution < 1.29 is 8.78 Å². The van der Waals surface area contributed by atoms with Gasteiger partial charge in [0.1, 0.15) is 10.0 Å². The molecule has 1 aromatic carbocycles. The molecule has 9 heteroatoms. The van der Waals surface area contributed by atoms with E-state index < -0.39 is 6.55 Å². The lowest BCUT2D eigenvalue weighted by molar-refractivity contribution is 0.0656. The normalized spacial score (nSPS) is 11.6. The van der Waals surface area contributed by atoms with Gasteiger partial charge in [-0.15, -0.1) is 5.10 Å². The topological polar surface area (TPSA) is 43.6 Å². The van der Waals surface area contributed by atoms with Crippen molar-refractivity contribution in [3.8, 4) is 0 Å². The number of hydrogen-bond acceptors (Lipinski definition) is 5. The second-order valence-electron chi connectivity index (χ2n) is 3.81. The molecule has 0 unspecified atom stereocenters. The van der Waals surface area contributed by atoms with Crippen LogP contribution < -0.4 is 0 Å². The van der Waals surface area contributed by atoms with E-state index in [1.54, 1.807) is 24.3 Å². The highest BCUT2D eigenvalue weighted by molar-refractivity contribution is 7.98. The second kappa shape index (κ2) is 5.63. The molecule has 104 valence electrons. The van der Waals surface area contributed by atoms with Gasteiger partial charge in [0, 0.05) is 17.3 Å². The number of nitrogens with zero attached hydrogens (tertiary/aromatic N) is 4. The van der Waals surface area contributed by atoms with Crippen LogP contribution in [-0.2, 0) is 5.75 Å². The number of fused-ring (bicyclic) bond motifs is 1. The van der Waals surface area contributed by atoms with Gasteiger partial charge in [-0.1, -0.05) is 40.0 Å². The van der Waals surface area contributed by atoms with Gasteiger partial charge in [-0.2, -0.15) is 8.78 Å². The fourth-order valence-electron chi connectivity index (χ4n) is 1.73. The molecular weight excluding hydrogens is 326 g/mol. The van der Waals surface area contributed by atoms with E-state index in [-0.39, 0.29) is 5.16 Å². The van der Waals surface area contributed by atoms with Crippen molar-refractivity contribution >= 4 is 45.9 Å². The van der Waals surface area contributed by atoms with Crippen LogP contribution in [0.25, 0.3) is 11.0 Å². The molecule has 0 bridgehead atoms. The highest BCUT2D eigenvalue weighted by Crippen LogP contribution is 2.32. The predicted molar refractivity (Wildman–Crippen MR) is 75.5 cm³/mol. The van der Waals surface area contributed by atoms with Crippen LogP contribution in [0.4, 0.5) is 8.78 Å². The zero-order valence-electron chi connectivity index (χ0n) is 9.83. The van der Waals surface area contributed by atoms with Crippen LogP contribution in [0.5, 0.6) is 0 Å². The lowest BCUT2D eigenvalue weighted by atomic mass is 10.3. The quantitative estimate of drug-likeness (QED) is 0.671. The van der Waals surface area contributed by atoms with E-state index in [2.05, 4.69) is 14.6 Å². The average Bonchev–Trinajstić information content (AvgIpc) is 2.99. The molecule has 0 aliphatic carbocycles. The van der Waals surface area contributed by atoms with Gasteiger partial charge in [-0.05, 0) is 12.1 Å². The number of para-hydroxylation sites is 2. The molecule has 0 saturated carbocycles. The van der Waals surface area contributed by atoms with Crippen molar-refractivity contribution in [2.45, 2.75) is 17.5 Å². The standard InChI is InChI=1S/C11H7ClF2N4S2/c12-9-7(16-17-20-9)5-19-11-15-6-3-1-2-4-8(6)18(11)10(13)14/h1-4,10H,5H2. The van der Waals surface area contributed by atoms with Crippen molar-refractivity contribution in [3.05, 3.63) is 34.3 Å². The summed E-state index contributed by atoms with van der Waals surface area (Å²) in [6, 6.07) is 6.80. The van der Waals surface area contributed by atoms with Crippen LogP contribution in [0.1, 0.15) is 12.2 Å². The van der Waals surface area contributed by atoms with E-state index in [1.807, 2.05) is 0 Å². The van der Waals surface area contributed by atoms with Crippen LogP contribution in [0.15, 0.2) is 29.4 Å². The molecule has 4 nitrogen and oxygen atoms in total. The Kier molecular flexibility index (Phi) is 3.86. The summed E-state index contributed by atoms with van der Waals surface area (Å²) in [7, 11) is 0. The van der Waals surface area contributed by atoms with Gasteiger partial charge in [-0.25, -0.2) is 4.98 Å². The van der Waals surface area contributed by atoms with Crippen LogP contribution in [0, 0.1) is 0 Å². The van der Waals surface area contributed by atoms with Crippen molar-refractivity contribution in [2.24, 2.45) is 0 Å². The maximum Gasteiger partial charge on any atom is 0.321 e. The zero-order chi connectivity index (χ0) is 14.1. The van der Waals surface area contributed by atoms with Crippen LogP contribution in [0.2, 0.25) is 4.34 Å². The minimum atomic E-state index is -2.64. The number of rotatable bonds is 4. The molecule has 0 N–H and O–H groups in total. The Labute approximate surface area is 125 Å². The van der Waals surface area contributed by atoms with E-state index in [0.717, 1.165) is 27.9 Å². The minimum absolute atomic E-state index is 0.241. The smallest absolute Gasteiger partial charge is 0.261 e. The first-order valence-electron chi connectivity index (χ1n) is 5.51. The third-order valence-electron chi connectivity index (χ3n) is 2.61. The van der Waals surface area contributed by atoms with Crippen molar-refractivity contribution in [1.82, 2.24) is 19.1 Å². The molecule has 2 aromatic heterocycles. The summed E-state index contributed by atoms with van der Waals surface area (Å²) in [6.45, 7) is -2.64. The Morgan fingerprint density at radius 3 is 2.85 bits per heavy atom. The van der Waals surface area contributed by atoms with Crippen LogP contribution in [-0.4, -0.2) is 19.1 Å². The van der Waals surface area contributed by atoms with Crippen molar-refractivity contribution in [1.29, 1.82) is 0 Å². The second-order valence-corrected chi connectivity index (χ2v) is 6.11. The largest absolute Gasteiger partial charge is 0.321 e. The van der Waals surface area contributed by atoms with Gasteiger partial charge in [-0.3, -0.25) is 4.57 Å². The van der Waals surface area contributed by atoms with E-state index in [4.69, 9.17) is 11.6 Å².